The Morgan fingerprint density at radius 3 is 2.78 bits per heavy atom. The third-order valence-corrected chi connectivity index (χ3v) is 2.21. The first kappa shape index (κ1) is 7.09. The summed E-state index contributed by atoms with van der Waals surface area (Å²) in [4.78, 5) is 10.9. The topological polar surface area (TPSA) is 29.4 Å². The second kappa shape index (κ2) is 2.71. The van der Waals surface area contributed by atoms with Crippen LogP contribution in [-0.4, -0.2) is 22.6 Å². The number of rotatable bonds is 1. The average Bonchev–Trinajstić information content (AvgIpc) is 2.15. The maximum Gasteiger partial charge on any atom is 0.193 e. The number of hydrogen-bond acceptors (Lipinski definition) is 3. The number of Topliss-reactive ketones (excluding diaryl/α,β-unsaturated/α-hetero) is 1. The van der Waals surface area contributed by atoms with Gasteiger partial charge in [-0.1, -0.05) is 0 Å². The van der Waals surface area contributed by atoms with E-state index in [0.717, 1.165) is 0 Å². The van der Waals surface area contributed by atoms with Gasteiger partial charge in [0.15, 0.2) is 5.78 Å². The molecule has 1 heterocycles. The maximum absolute atomic E-state index is 10.9. The van der Waals surface area contributed by atoms with E-state index < -0.39 is 0 Å². The molecule has 0 saturated carbocycles. The summed E-state index contributed by atoms with van der Waals surface area (Å²) in [7, 11) is 0. The number of nitrogens with zero attached hydrogens (tertiary/aromatic N) is 1. The second-order valence-electron chi connectivity index (χ2n) is 1.78. The van der Waals surface area contributed by atoms with Crippen LogP contribution >= 0.6 is 23.5 Å². The van der Waals surface area contributed by atoms with Gasteiger partial charge in [-0.2, -0.15) is 0 Å². The zero-order valence-corrected chi connectivity index (χ0v) is 6.50. The molecule has 0 saturated heterocycles. The van der Waals surface area contributed by atoms with E-state index in [2.05, 4.69) is 4.40 Å². The lowest BCUT2D eigenvalue weighted by molar-refractivity contribution is -0.112. The SMILES string of the molecule is CC1SN=C(CCl)C1=O. The van der Waals surface area contributed by atoms with Gasteiger partial charge in [-0.15, -0.1) is 11.6 Å². The van der Waals surface area contributed by atoms with Crippen molar-refractivity contribution in [1.82, 2.24) is 0 Å². The van der Waals surface area contributed by atoms with E-state index in [9.17, 15) is 4.79 Å². The van der Waals surface area contributed by atoms with Crippen LogP contribution in [0.5, 0.6) is 0 Å². The predicted molar refractivity (Wildman–Crippen MR) is 40.2 cm³/mol. The van der Waals surface area contributed by atoms with Crippen LogP contribution in [0.3, 0.4) is 0 Å². The van der Waals surface area contributed by atoms with Crippen LogP contribution in [0.2, 0.25) is 0 Å². The molecule has 0 fully saturated rings. The van der Waals surface area contributed by atoms with Gasteiger partial charge in [-0.05, 0) is 18.9 Å². The molecule has 0 radical (unpaired) electrons. The molecule has 1 aliphatic rings. The molecule has 0 aliphatic carbocycles. The maximum atomic E-state index is 10.9. The average molecular weight is 164 g/mol. The smallest absolute Gasteiger partial charge is 0.193 e. The summed E-state index contributed by atoms with van der Waals surface area (Å²) >= 11 is 6.70. The molecule has 1 unspecified atom stereocenters. The Bertz CT molecular complexity index is 168. The van der Waals surface area contributed by atoms with Gasteiger partial charge in [0, 0.05) is 0 Å². The number of halogens is 1. The van der Waals surface area contributed by atoms with Crippen LogP contribution in [0, 0.1) is 0 Å². The molecular weight excluding hydrogens is 158 g/mol. The highest BCUT2D eigenvalue weighted by Crippen LogP contribution is 2.21. The van der Waals surface area contributed by atoms with E-state index in [1.54, 1.807) is 0 Å². The van der Waals surface area contributed by atoms with Crippen molar-refractivity contribution in [3.8, 4) is 0 Å². The number of ketones is 1. The van der Waals surface area contributed by atoms with Crippen LogP contribution in [0.15, 0.2) is 4.40 Å². The second-order valence-corrected chi connectivity index (χ2v) is 3.15. The molecule has 50 valence electrons. The molecule has 0 aromatic heterocycles. The van der Waals surface area contributed by atoms with Crippen molar-refractivity contribution in [2.75, 3.05) is 5.88 Å². The Kier molecular flexibility index (Phi) is 2.13. The lowest BCUT2D eigenvalue weighted by Crippen LogP contribution is -2.18. The molecular formula is C5H6ClNOS. The van der Waals surface area contributed by atoms with Crippen molar-refractivity contribution in [3.05, 3.63) is 0 Å². The van der Waals surface area contributed by atoms with Crippen molar-refractivity contribution in [2.45, 2.75) is 12.2 Å². The fourth-order valence-electron chi connectivity index (χ4n) is 0.560. The largest absolute Gasteiger partial charge is 0.291 e. The molecule has 9 heavy (non-hydrogen) atoms. The fraction of sp³-hybridized carbons (Fsp3) is 0.600. The van der Waals surface area contributed by atoms with Crippen LogP contribution in [-0.2, 0) is 4.79 Å². The van der Waals surface area contributed by atoms with Gasteiger partial charge in [0.25, 0.3) is 0 Å². The first-order chi connectivity index (χ1) is 4.25. The summed E-state index contributed by atoms with van der Waals surface area (Å²) in [5.41, 5.74) is 0.508. The number of carbonyl (C=O) groups is 1. The summed E-state index contributed by atoms with van der Waals surface area (Å²) in [5, 5.41) is -0.0150. The van der Waals surface area contributed by atoms with Gasteiger partial charge < -0.3 is 0 Å². The number of alkyl halides is 1. The molecule has 4 heteroatoms. The van der Waals surface area contributed by atoms with Crippen molar-refractivity contribution in [2.24, 2.45) is 4.40 Å². The Hall–Kier alpha value is -0.0200. The molecule has 1 atom stereocenters. The monoisotopic (exact) mass is 163 g/mol. The summed E-state index contributed by atoms with van der Waals surface area (Å²) in [5.74, 6) is 0.325. The Balaban J connectivity index is 2.67. The van der Waals surface area contributed by atoms with Gasteiger partial charge in [0.1, 0.15) is 5.71 Å². The van der Waals surface area contributed by atoms with Gasteiger partial charge in [0.2, 0.25) is 0 Å². The van der Waals surface area contributed by atoms with Gasteiger partial charge >= 0.3 is 0 Å². The van der Waals surface area contributed by atoms with Crippen LogP contribution in [0.25, 0.3) is 0 Å². The van der Waals surface area contributed by atoms with E-state index in [1.165, 1.54) is 11.9 Å². The minimum atomic E-state index is -0.0150. The van der Waals surface area contributed by atoms with Gasteiger partial charge in [-0.25, -0.2) is 4.40 Å². The molecule has 1 aliphatic heterocycles. The summed E-state index contributed by atoms with van der Waals surface area (Å²) < 4.78 is 3.87. The van der Waals surface area contributed by atoms with E-state index in [1.807, 2.05) is 6.92 Å². The van der Waals surface area contributed by atoms with Crippen molar-refractivity contribution in [1.29, 1.82) is 0 Å². The predicted octanol–water partition coefficient (Wildman–Crippen LogP) is 1.29. The zero-order valence-electron chi connectivity index (χ0n) is 4.93. The summed E-state index contributed by atoms with van der Waals surface area (Å²) in [6, 6.07) is 0. The summed E-state index contributed by atoms with van der Waals surface area (Å²) in [6.07, 6.45) is 0. The molecule has 0 aromatic rings. The third kappa shape index (κ3) is 1.27. The fourth-order valence-corrected chi connectivity index (χ4v) is 1.49. The molecule has 0 amide bonds. The minimum Gasteiger partial charge on any atom is -0.291 e. The van der Waals surface area contributed by atoms with Crippen LogP contribution < -0.4 is 0 Å². The first-order valence-electron chi connectivity index (χ1n) is 2.58. The highest BCUT2D eigenvalue weighted by Gasteiger charge is 2.24. The van der Waals surface area contributed by atoms with Crippen molar-refractivity contribution in [3.63, 3.8) is 0 Å². The highest BCUT2D eigenvalue weighted by molar-refractivity contribution is 8.00. The van der Waals surface area contributed by atoms with Crippen molar-refractivity contribution >= 4 is 35.0 Å². The standard InChI is InChI=1S/C5H6ClNOS/c1-3-5(8)4(2-6)7-9-3/h3H,2H2,1H3. The lowest BCUT2D eigenvalue weighted by Gasteiger charge is -1.92. The van der Waals surface area contributed by atoms with Gasteiger partial charge in [-0.3, -0.25) is 4.79 Å². The summed E-state index contributed by atoms with van der Waals surface area (Å²) in [6.45, 7) is 1.83. The molecule has 0 N–H and O–H groups in total. The Morgan fingerprint density at radius 1 is 1.89 bits per heavy atom. The van der Waals surface area contributed by atoms with E-state index in [4.69, 9.17) is 11.6 Å². The number of hydrogen-bond donors (Lipinski definition) is 0. The van der Waals surface area contributed by atoms with Crippen LogP contribution in [0.4, 0.5) is 0 Å². The van der Waals surface area contributed by atoms with Crippen LogP contribution in [0.1, 0.15) is 6.92 Å². The number of carbonyl (C=O) groups excluding carboxylic acids is 1. The first-order valence-corrected chi connectivity index (χ1v) is 3.95. The van der Waals surface area contributed by atoms with Crippen molar-refractivity contribution < 1.29 is 4.79 Å². The minimum absolute atomic E-state index is 0.0150. The van der Waals surface area contributed by atoms with E-state index >= 15 is 0 Å². The molecule has 0 spiro atoms. The Morgan fingerprint density at radius 2 is 2.56 bits per heavy atom. The highest BCUT2D eigenvalue weighted by atomic mass is 35.5. The zero-order chi connectivity index (χ0) is 6.85. The molecule has 0 aromatic carbocycles. The van der Waals surface area contributed by atoms with E-state index in [-0.39, 0.29) is 16.9 Å². The molecule has 0 bridgehead atoms. The normalized spacial score (nSPS) is 26.7. The molecule has 2 nitrogen and oxygen atoms in total. The Labute approximate surface area is 62.8 Å². The molecule has 1 rings (SSSR count). The third-order valence-electron chi connectivity index (χ3n) is 1.10. The van der Waals surface area contributed by atoms with Gasteiger partial charge in [0.05, 0.1) is 11.1 Å². The quantitative estimate of drug-likeness (QED) is 0.431. The lowest BCUT2D eigenvalue weighted by atomic mass is 10.2. The van der Waals surface area contributed by atoms with E-state index in [0.29, 0.717) is 5.71 Å².